The summed E-state index contributed by atoms with van der Waals surface area (Å²) >= 11 is 2.03. The van der Waals surface area contributed by atoms with Crippen molar-refractivity contribution in [2.75, 3.05) is 45.0 Å². The van der Waals surface area contributed by atoms with Crippen LogP contribution in [-0.2, 0) is 4.79 Å². The monoisotopic (exact) mass is 341 g/mol. The Morgan fingerprint density at radius 1 is 1.48 bits per heavy atom. The third-order valence-electron chi connectivity index (χ3n) is 3.99. The lowest BCUT2D eigenvalue weighted by Gasteiger charge is -2.36. The van der Waals surface area contributed by atoms with Gasteiger partial charge >= 0.3 is 6.03 Å². The van der Waals surface area contributed by atoms with E-state index in [0.29, 0.717) is 24.3 Å². The van der Waals surface area contributed by atoms with E-state index in [4.69, 9.17) is 0 Å². The number of nitrogens with one attached hydrogen (secondary N) is 2. The third-order valence-corrected chi connectivity index (χ3v) is 5.53. The average Bonchev–Trinajstić information content (AvgIpc) is 2.86. The molecular formula is C15H27N5O2S. The number of imide groups is 1. The van der Waals surface area contributed by atoms with Gasteiger partial charge in [-0.3, -0.25) is 14.7 Å². The van der Waals surface area contributed by atoms with E-state index in [1.807, 2.05) is 18.7 Å². The van der Waals surface area contributed by atoms with Gasteiger partial charge in [0.05, 0.1) is 19.6 Å². The first-order valence-electron chi connectivity index (χ1n) is 8.26. The van der Waals surface area contributed by atoms with Gasteiger partial charge in [0, 0.05) is 30.6 Å². The maximum atomic E-state index is 11.6. The van der Waals surface area contributed by atoms with Crippen LogP contribution in [0.25, 0.3) is 0 Å². The standard InChI is InChI=1S/C15H27N5O2S/c1-4-16-14(19-7-8-23-12(10-19)11(2)3)17-5-6-20-13(21)9-18-15(20)22/h11-12H,4-10H2,1-3H3,(H,16,17)(H,18,22). The number of carbonyl (C=O) groups excluding carboxylic acids is 2. The van der Waals surface area contributed by atoms with E-state index in [1.165, 1.54) is 4.90 Å². The molecule has 23 heavy (non-hydrogen) atoms. The highest BCUT2D eigenvalue weighted by Crippen LogP contribution is 2.24. The highest BCUT2D eigenvalue weighted by atomic mass is 32.2. The van der Waals surface area contributed by atoms with Crippen LogP contribution in [0.15, 0.2) is 4.99 Å². The number of rotatable bonds is 5. The summed E-state index contributed by atoms with van der Waals surface area (Å²) in [6.07, 6.45) is 0. The molecule has 7 nitrogen and oxygen atoms in total. The molecule has 3 amide bonds. The molecule has 0 aliphatic carbocycles. The van der Waals surface area contributed by atoms with Gasteiger partial charge in [0.15, 0.2) is 5.96 Å². The maximum Gasteiger partial charge on any atom is 0.324 e. The average molecular weight is 341 g/mol. The Balaban J connectivity index is 1.94. The van der Waals surface area contributed by atoms with E-state index < -0.39 is 0 Å². The number of carbonyl (C=O) groups is 2. The second-order valence-corrected chi connectivity index (χ2v) is 7.39. The van der Waals surface area contributed by atoms with Gasteiger partial charge in [0.25, 0.3) is 0 Å². The minimum Gasteiger partial charge on any atom is -0.357 e. The van der Waals surface area contributed by atoms with Crippen molar-refractivity contribution in [1.29, 1.82) is 0 Å². The number of aliphatic imine (C=N–C) groups is 1. The Bertz CT molecular complexity index is 453. The van der Waals surface area contributed by atoms with Gasteiger partial charge in [0.1, 0.15) is 0 Å². The summed E-state index contributed by atoms with van der Waals surface area (Å²) in [6, 6.07) is -0.315. The van der Waals surface area contributed by atoms with Crippen molar-refractivity contribution in [1.82, 2.24) is 20.4 Å². The molecule has 2 N–H and O–H groups in total. The highest BCUT2D eigenvalue weighted by molar-refractivity contribution is 8.00. The lowest BCUT2D eigenvalue weighted by atomic mass is 10.1. The SMILES string of the molecule is CCNC(=NCCN1C(=O)CNC1=O)N1CCSC(C(C)C)C1. The smallest absolute Gasteiger partial charge is 0.324 e. The normalized spacial score (nSPS) is 22.8. The number of guanidine groups is 1. The van der Waals surface area contributed by atoms with Crippen molar-refractivity contribution in [3.05, 3.63) is 0 Å². The summed E-state index contributed by atoms with van der Waals surface area (Å²) in [7, 11) is 0. The first-order valence-corrected chi connectivity index (χ1v) is 9.30. The van der Waals surface area contributed by atoms with Crippen LogP contribution in [0.3, 0.4) is 0 Å². The first kappa shape index (κ1) is 17.9. The van der Waals surface area contributed by atoms with Gasteiger partial charge in [-0.15, -0.1) is 0 Å². The Kier molecular flexibility index (Phi) is 6.56. The van der Waals surface area contributed by atoms with E-state index in [-0.39, 0.29) is 18.5 Å². The molecule has 0 saturated carbocycles. The molecule has 0 aromatic rings. The van der Waals surface area contributed by atoms with Crippen LogP contribution >= 0.6 is 11.8 Å². The fourth-order valence-corrected chi connectivity index (χ4v) is 3.93. The number of hydrogen-bond acceptors (Lipinski definition) is 4. The second kappa shape index (κ2) is 8.42. The number of nitrogens with zero attached hydrogens (tertiary/aromatic N) is 3. The molecule has 8 heteroatoms. The zero-order valence-electron chi connectivity index (χ0n) is 14.2. The molecule has 2 aliphatic heterocycles. The van der Waals surface area contributed by atoms with E-state index in [0.717, 1.165) is 31.3 Å². The molecule has 0 spiro atoms. The van der Waals surface area contributed by atoms with Gasteiger partial charge in [0.2, 0.25) is 5.91 Å². The summed E-state index contributed by atoms with van der Waals surface area (Å²) in [5, 5.41) is 6.46. The molecule has 2 heterocycles. The summed E-state index contributed by atoms with van der Waals surface area (Å²) in [5.74, 6) is 2.44. The molecule has 1 unspecified atom stereocenters. The zero-order chi connectivity index (χ0) is 16.8. The van der Waals surface area contributed by atoms with Crippen molar-refractivity contribution in [2.24, 2.45) is 10.9 Å². The molecule has 0 bridgehead atoms. The molecule has 2 saturated heterocycles. The topological polar surface area (TPSA) is 77.0 Å². The lowest BCUT2D eigenvalue weighted by molar-refractivity contribution is -0.124. The van der Waals surface area contributed by atoms with Crippen molar-refractivity contribution in [3.63, 3.8) is 0 Å². The predicted molar refractivity (Wildman–Crippen MR) is 93.7 cm³/mol. The van der Waals surface area contributed by atoms with Crippen LogP contribution in [0.1, 0.15) is 20.8 Å². The van der Waals surface area contributed by atoms with Gasteiger partial charge in [-0.1, -0.05) is 13.8 Å². The van der Waals surface area contributed by atoms with Crippen LogP contribution in [0, 0.1) is 5.92 Å². The molecule has 130 valence electrons. The molecule has 0 radical (unpaired) electrons. The minimum absolute atomic E-state index is 0.0992. The van der Waals surface area contributed by atoms with Gasteiger partial charge in [-0.05, 0) is 12.8 Å². The molecule has 1 atom stereocenters. The second-order valence-electron chi connectivity index (χ2n) is 6.04. The maximum absolute atomic E-state index is 11.6. The molecule has 0 aromatic heterocycles. The molecule has 2 rings (SSSR count). The summed E-state index contributed by atoms with van der Waals surface area (Å²) in [4.78, 5) is 31.2. The van der Waals surface area contributed by atoms with Crippen LogP contribution in [0.4, 0.5) is 4.79 Å². The van der Waals surface area contributed by atoms with E-state index >= 15 is 0 Å². The van der Waals surface area contributed by atoms with Crippen LogP contribution in [0.2, 0.25) is 0 Å². The predicted octanol–water partition coefficient (Wildman–Crippen LogP) is 0.577. The van der Waals surface area contributed by atoms with E-state index in [9.17, 15) is 9.59 Å². The lowest BCUT2D eigenvalue weighted by Crippen LogP contribution is -2.49. The van der Waals surface area contributed by atoms with Gasteiger partial charge < -0.3 is 15.5 Å². The van der Waals surface area contributed by atoms with E-state index in [1.54, 1.807) is 0 Å². The van der Waals surface area contributed by atoms with Crippen LogP contribution < -0.4 is 10.6 Å². The molecule has 2 aliphatic rings. The number of hydrogen-bond donors (Lipinski definition) is 2. The fraction of sp³-hybridized carbons (Fsp3) is 0.800. The third kappa shape index (κ3) is 4.76. The van der Waals surface area contributed by atoms with E-state index in [2.05, 4.69) is 34.4 Å². The summed E-state index contributed by atoms with van der Waals surface area (Å²) < 4.78 is 0. The Labute approximate surface area is 142 Å². The number of amides is 3. The number of urea groups is 1. The summed E-state index contributed by atoms with van der Waals surface area (Å²) in [6.45, 7) is 10.2. The Hall–Kier alpha value is -1.44. The summed E-state index contributed by atoms with van der Waals surface area (Å²) in [5.41, 5.74) is 0. The minimum atomic E-state index is -0.315. The van der Waals surface area contributed by atoms with Crippen LogP contribution in [-0.4, -0.2) is 78.0 Å². The van der Waals surface area contributed by atoms with Gasteiger partial charge in [-0.2, -0.15) is 11.8 Å². The van der Waals surface area contributed by atoms with Crippen molar-refractivity contribution < 1.29 is 9.59 Å². The zero-order valence-corrected chi connectivity index (χ0v) is 15.0. The van der Waals surface area contributed by atoms with Crippen molar-refractivity contribution in [2.45, 2.75) is 26.0 Å². The van der Waals surface area contributed by atoms with Crippen molar-refractivity contribution >= 4 is 29.7 Å². The highest BCUT2D eigenvalue weighted by Gasteiger charge is 2.28. The molecule has 0 aromatic carbocycles. The van der Waals surface area contributed by atoms with Gasteiger partial charge in [-0.25, -0.2) is 4.79 Å². The fourth-order valence-electron chi connectivity index (χ4n) is 2.63. The number of thioether (sulfide) groups is 1. The van der Waals surface area contributed by atoms with Crippen LogP contribution in [0.5, 0.6) is 0 Å². The van der Waals surface area contributed by atoms with Crippen molar-refractivity contribution in [3.8, 4) is 0 Å². The quantitative estimate of drug-likeness (QED) is 0.434. The first-order chi connectivity index (χ1) is 11.0. The largest absolute Gasteiger partial charge is 0.357 e. The Morgan fingerprint density at radius 2 is 2.26 bits per heavy atom. The Morgan fingerprint density at radius 3 is 2.87 bits per heavy atom. The molecular weight excluding hydrogens is 314 g/mol. The molecule has 2 fully saturated rings.